The summed E-state index contributed by atoms with van der Waals surface area (Å²) < 4.78 is 0. The van der Waals surface area contributed by atoms with E-state index in [2.05, 4.69) is 85.0 Å². The van der Waals surface area contributed by atoms with Crippen molar-refractivity contribution in [2.24, 2.45) is 0 Å². The van der Waals surface area contributed by atoms with Crippen LogP contribution in [0.15, 0.2) is 24.3 Å². The Morgan fingerprint density at radius 2 is 1.31 bits per heavy atom. The van der Waals surface area contributed by atoms with Gasteiger partial charge in [0, 0.05) is 12.2 Å². The van der Waals surface area contributed by atoms with E-state index >= 15 is 0 Å². The van der Waals surface area contributed by atoms with Gasteiger partial charge in [0.05, 0.1) is 0 Å². The Kier molecular flexibility index (Phi) is 15.4. The van der Waals surface area contributed by atoms with Gasteiger partial charge in [-0.15, -0.1) is 0 Å². The van der Waals surface area contributed by atoms with Crippen molar-refractivity contribution in [2.45, 2.75) is 78.0 Å². The summed E-state index contributed by atoms with van der Waals surface area (Å²) in [6, 6.07) is 9.01. The van der Waals surface area contributed by atoms with Crippen LogP contribution in [-0.2, 0) is 12.9 Å². The van der Waals surface area contributed by atoms with Crippen LogP contribution in [0.4, 0.5) is 5.69 Å². The third kappa shape index (κ3) is 9.95. The molecule has 0 bridgehead atoms. The zero-order valence-electron chi connectivity index (χ0n) is 17.5. The normalized spacial score (nSPS) is 11.8. The van der Waals surface area contributed by atoms with E-state index < -0.39 is 0 Å². The predicted molar refractivity (Wildman–Crippen MR) is 126 cm³/mol. The number of nitrogens with one attached hydrogen (secondary N) is 1. The van der Waals surface area contributed by atoms with Crippen molar-refractivity contribution in [3.8, 4) is 0 Å². The Labute approximate surface area is 179 Å². The van der Waals surface area contributed by atoms with Crippen molar-refractivity contribution in [1.82, 2.24) is 0 Å². The molecule has 6 heteroatoms. The Hall–Kier alpha value is 0.966. The van der Waals surface area contributed by atoms with Crippen molar-refractivity contribution in [1.29, 1.82) is 0 Å². The molecule has 0 saturated heterocycles. The molecule has 0 atom stereocenters. The first kappa shape index (κ1) is 27.0. The number of rotatable bonds is 9. The second-order valence-electron chi connectivity index (χ2n) is 7.51. The van der Waals surface area contributed by atoms with Gasteiger partial charge in [-0.3, -0.25) is 0 Å². The second-order valence-corrected chi connectivity index (χ2v) is 16.1. The molecule has 0 amide bonds. The van der Waals surface area contributed by atoms with Gasteiger partial charge in [0.2, 0.25) is 0 Å². The Balaban J connectivity index is 0.00000194. The zero-order chi connectivity index (χ0) is 20.3. The van der Waals surface area contributed by atoms with Crippen LogP contribution < -0.4 is 10.6 Å². The van der Waals surface area contributed by atoms with Crippen molar-refractivity contribution >= 4 is 47.1 Å². The standard InChI is InChI=1S/C20H37NP2.2ClH.Co/c1-15(2)22(16(3)4)14-13-21-19-11-9-10-12-20(19)23(17(5)6)18(7)8;;;/h9-12,15-18,21H,13-14H2,1-8H3;2*1H;/q;;;+2/p-2. The van der Waals surface area contributed by atoms with Crippen LogP contribution in [0, 0.1) is 0 Å². The van der Waals surface area contributed by atoms with Gasteiger partial charge in [-0.2, -0.15) is 0 Å². The van der Waals surface area contributed by atoms with Crippen molar-refractivity contribution in [2.75, 3.05) is 18.0 Å². The molecule has 1 N–H and O–H groups in total. The minimum atomic E-state index is -0.109. The van der Waals surface area contributed by atoms with Gasteiger partial charge < -0.3 is 5.32 Å². The fourth-order valence-electron chi connectivity index (χ4n) is 3.43. The third-order valence-electron chi connectivity index (χ3n) is 4.31. The molecule has 0 saturated carbocycles. The van der Waals surface area contributed by atoms with E-state index in [1.807, 2.05) is 0 Å². The van der Waals surface area contributed by atoms with Crippen molar-refractivity contribution in [3.05, 3.63) is 24.3 Å². The van der Waals surface area contributed by atoms with E-state index in [4.69, 9.17) is 20.3 Å². The van der Waals surface area contributed by atoms with Gasteiger partial charge in [-0.1, -0.05) is 89.4 Å². The maximum atomic E-state index is 4.73. The Bertz CT molecular complexity index is 469. The third-order valence-corrected chi connectivity index (χ3v) is 10.9. The molecule has 1 nitrogen and oxygen atoms in total. The molecule has 0 unspecified atom stereocenters. The SMILES string of the molecule is CC(C)P(CCNc1ccccc1P(C(C)C)C(C)C)C(C)C.[Cl][Co][Cl]. The molecule has 0 spiro atoms. The fourth-order valence-corrected chi connectivity index (χ4v) is 9.02. The molecule has 0 fully saturated rings. The molecule has 0 aromatic heterocycles. The Morgan fingerprint density at radius 1 is 0.846 bits per heavy atom. The van der Waals surface area contributed by atoms with E-state index in [1.165, 1.54) is 11.8 Å². The van der Waals surface area contributed by atoms with Crippen molar-refractivity contribution in [3.63, 3.8) is 0 Å². The molecule has 0 aliphatic rings. The van der Waals surface area contributed by atoms with Gasteiger partial charge in [0.1, 0.15) is 0 Å². The first-order valence-electron chi connectivity index (χ1n) is 9.37. The maximum absolute atomic E-state index is 4.73. The molecular formula is C20H37Cl2CoNP2. The number of benzene rings is 1. The number of anilines is 1. The first-order valence-corrected chi connectivity index (χ1v) is 15.4. The molecule has 1 aromatic carbocycles. The van der Waals surface area contributed by atoms with Crippen LogP contribution in [0.1, 0.15) is 55.4 Å². The van der Waals surface area contributed by atoms with E-state index in [9.17, 15) is 0 Å². The Morgan fingerprint density at radius 3 is 1.73 bits per heavy atom. The van der Waals surface area contributed by atoms with Crippen LogP contribution in [0.3, 0.4) is 0 Å². The van der Waals surface area contributed by atoms with Gasteiger partial charge >= 0.3 is 33.2 Å². The summed E-state index contributed by atoms with van der Waals surface area (Å²) in [6.07, 6.45) is 1.32. The van der Waals surface area contributed by atoms with E-state index in [-0.39, 0.29) is 15.8 Å². The summed E-state index contributed by atoms with van der Waals surface area (Å²) in [4.78, 5) is 0. The minimum absolute atomic E-state index is 0.109. The van der Waals surface area contributed by atoms with Crippen LogP contribution in [0.25, 0.3) is 0 Å². The summed E-state index contributed by atoms with van der Waals surface area (Å²) >= 11 is 0.382. The summed E-state index contributed by atoms with van der Waals surface area (Å²) in [6.45, 7) is 20.1. The van der Waals surface area contributed by atoms with Gasteiger partial charge in [-0.05, 0) is 40.2 Å². The number of halogens is 2. The number of hydrogen-bond acceptors (Lipinski definition) is 1. The van der Waals surface area contributed by atoms with Gasteiger partial charge in [-0.25, -0.2) is 0 Å². The zero-order valence-corrected chi connectivity index (χ0v) is 21.9. The van der Waals surface area contributed by atoms with E-state index in [0.29, 0.717) is 12.9 Å². The quantitative estimate of drug-likeness (QED) is 0.355. The summed E-state index contributed by atoms with van der Waals surface area (Å²) in [5.41, 5.74) is 4.49. The van der Waals surface area contributed by atoms with Crippen LogP contribution >= 0.6 is 36.1 Å². The topological polar surface area (TPSA) is 12.0 Å². The molecule has 0 aliphatic heterocycles. The molecular weight excluding hydrogens is 446 g/mol. The molecule has 0 radical (unpaired) electrons. The van der Waals surface area contributed by atoms with Crippen LogP contribution in [-0.4, -0.2) is 35.3 Å². The number of para-hydroxylation sites is 1. The average molecular weight is 483 g/mol. The van der Waals surface area contributed by atoms with Gasteiger partial charge in [0.15, 0.2) is 0 Å². The fraction of sp³-hybridized carbons (Fsp3) is 0.700. The molecule has 0 aliphatic carbocycles. The summed E-state index contributed by atoms with van der Waals surface area (Å²) in [5.74, 6) is 0. The molecule has 155 valence electrons. The average Bonchev–Trinajstić information content (AvgIpc) is 2.52. The van der Waals surface area contributed by atoms with Crippen LogP contribution in [0.5, 0.6) is 0 Å². The summed E-state index contributed by atoms with van der Waals surface area (Å²) in [7, 11) is 9.47. The molecule has 0 heterocycles. The number of hydrogen-bond donors (Lipinski definition) is 1. The molecule has 1 rings (SSSR count). The molecule has 26 heavy (non-hydrogen) atoms. The second kappa shape index (κ2) is 14.9. The van der Waals surface area contributed by atoms with Crippen LogP contribution in [0.2, 0.25) is 0 Å². The first-order chi connectivity index (χ1) is 12.2. The van der Waals surface area contributed by atoms with Crippen molar-refractivity contribution < 1.29 is 12.9 Å². The monoisotopic (exact) mass is 482 g/mol. The van der Waals surface area contributed by atoms with E-state index in [1.54, 1.807) is 5.30 Å². The van der Waals surface area contributed by atoms with Gasteiger partial charge in [0.25, 0.3) is 0 Å². The predicted octanol–water partition coefficient (Wildman–Crippen LogP) is 7.70. The van der Waals surface area contributed by atoms with E-state index in [0.717, 1.165) is 29.2 Å². The summed E-state index contributed by atoms with van der Waals surface area (Å²) in [5, 5.41) is 5.34. The molecule has 1 aromatic rings.